The summed E-state index contributed by atoms with van der Waals surface area (Å²) in [5.41, 5.74) is 3.78. The van der Waals surface area contributed by atoms with Crippen LogP contribution in [0.1, 0.15) is 31.9 Å². The van der Waals surface area contributed by atoms with Crippen LogP contribution in [0.3, 0.4) is 0 Å². The average molecular weight is 241 g/mol. The number of carbonyl (C=O) groups is 1. The molecular formula is C16H19NO. The Morgan fingerprint density at radius 3 is 2.67 bits per heavy atom. The second kappa shape index (κ2) is 4.36. The number of carbonyl (C=O) groups excluding carboxylic acids is 1. The molecule has 2 atom stereocenters. The van der Waals surface area contributed by atoms with Crippen LogP contribution in [0, 0.1) is 5.92 Å². The number of allylic oxidation sites excluding steroid dienone is 1. The van der Waals surface area contributed by atoms with Crippen LogP contribution in [0.15, 0.2) is 41.5 Å². The van der Waals surface area contributed by atoms with Crippen molar-refractivity contribution in [2.45, 2.75) is 26.3 Å². The Balaban J connectivity index is 1.80. The van der Waals surface area contributed by atoms with Crippen molar-refractivity contribution >= 4 is 5.78 Å². The Hall–Kier alpha value is -1.41. The summed E-state index contributed by atoms with van der Waals surface area (Å²) in [5.74, 6) is 0.852. The lowest BCUT2D eigenvalue weighted by Gasteiger charge is -2.24. The Kier molecular flexibility index (Phi) is 2.83. The third-order valence-corrected chi connectivity index (χ3v) is 4.48. The first-order valence-corrected chi connectivity index (χ1v) is 6.68. The van der Waals surface area contributed by atoms with E-state index in [4.69, 9.17) is 0 Å². The maximum absolute atomic E-state index is 11.7. The highest BCUT2D eigenvalue weighted by atomic mass is 16.1. The molecule has 0 amide bonds. The van der Waals surface area contributed by atoms with E-state index in [0.29, 0.717) is 17.7 Å². The molecule has 0 N–H and O–H groups in total. The van der Waals surface area contributed by atoms with E-state index in [2.05, 4.69) is 42.2 Å². The highest BCUT2D eigenvalue weighted by molar-refractivity contribution is 5.98. The monoisotopic (exact) mass is 241 g/mol. The molecule has 0 radical (unpaired) electrons. The second-order valence-electron chi connectivity index (χ2n) is 5.49. The van der Waals surface area contributed by atoms with E-state index in [1.54, 1.807) is 0 Å². The molecule has 0 unspecified atom stereocenters. The number of benzene rings is 1. The van der Waals surface area contributed by atoms with Gasteiger partial charge in [-0.15, -0.1) is 0 Å². The largest absolute Gasteiger partial charge is 0.295 e. The van der Waals surface area contributed by atoms with E-state index in [0.717, 1.165) is 25.1 Å². The summed E-state index contributed by atoms with van der Waals surface area (Å²) >= 11 is 0. The molecule has 1 aliphatic carbocycles. The molecule has 3 rings (SSSR count). The Morgan fingerprint density at radius 2 is 2.00 bits per heavy atom. The fourth-order valence-electron chi connectivity index (χ4n) is 3.21. The zero-order chi connectivity index (χ0) is 12.7. The molecule has 0 saturated carbocycles. The van der Waals surface area contributed by atoms with Crippen molar-refractivity contribution in [2.24, 2.45) is 5.92 Å². The molecule has 0 spiro atoms. The maximum Gasteiger partial charge on any atom is 0.159 e. The first-order chi connectivity index (χ1) is 8.66. The van der Waals surface area contributed by atoms with E-state index >= 15 is 0 Å². The van der Waals surface area contributed by atoms with Crippen LogP contribution < -0.4 is 0 Å². The van der Waals surface area contributed by atoms with E-state index in [9.17, 15) is 4.79 Å². The predicted octanol–water partition coefficient (Wildman–Crippen LogP) is 2.97. The van der Waals surface area contributed by atoms with E-state index in [-0.39, 0.29) is 0 Å². The summed E-state index contributed by atoms with van der Waals surface area (Å²) in [7, 11) is 0. The summed E-state index contributed by atoms with van der Waals surface area (Å²) in [4.78, 5) is 14.1. The van der Waals surface area contributed by atoms with Crippen LogP contribution >= 0.6 is 0 Å². The zero-order valence-electron chi connectivity index (χ0n) is 11.0. The number of hydrogen-bond acceptors (Lipinski definition) is 2. The minimum atomic E-state index is 0.363. The fraction of sp³-hybridized carbons (Fsp3) is 0.438. The van der Waals surface area contributed by atoms with Gasteiger partial charge >= 0.3 is 0 Å². The lowest BCUT2D eigenvalue weighted by atomic mass is 10.1. The van der Waals surface area contributed by atoms with Crippen molar-refractivity contribution in [3.63, 3.8) is 0 Å². The smallest absolute Gasteiger partial charge is 0.159 e. The van der Waals surface area contributed by atoms with Crippen molar-refractivity contribution in [1.29, 1.82) is 0 Å². The van der Waals surface area contributed by atoms with Crippen LogP contribution in [0.2, 0.25) is 0 Å². The molecule has 94 valence electrons. The minimum absolute atomic E-state index is 0.363. The average Bonchev–Trinajstić information content (AvgIpc) is 2.91. The topological polar surface area (TPSA) is 20.3 Å². The van der Waals surface area contributed by atoms with Crippen molar-refractivity contribution in [3.05, 3.63) is 47.0 Å². The van der Waals surface area contributed by atoms with Crippen LogP contribution in [0.25, 0.3) is 0 Å². The number of likely N-dealkylation sites (tertiary alicyclic amines) is 1. The highest BCUT2D eigenvalue weighted by Crippen LogP contribution is 2.38. The van der Waals surface area contributed by atoms with Gasteiger partial charge in [-0.2, -0.15) is 0 Å². The summed E-state index contributed by atoms with van der Waals surface area (Å²) in [6, 6.07) is 11.1. The minimum Gasteiger partial charge on any atom is -0.295 e. The van der Waals surface area contributed by atoms with Gasteiger partial charge in [-0.1, -0.05) is 30.3 Å². The predicted molar refractivity (Wildman–Crippen MR) is 72.2 cm³/mol. The molecule has 1 saturated heterocycles. The summed E-state index contributed by atoms with van der Waals surface area (Å²) in [6.45, 7) is 6.26. The highest BCUT2D eigenvalue weighted by Gasteiger charge is 2.38. The molecule has 0 aromatic heterocycles. The molecule has 1 aromatic rings. The van der Waals surface area contributed by atoms with Crippen LogP contribution in [0.4, 0.5) is 0 Å². The zero-order valence-corrected chi connectivity index (χ0v) is 11.0. The molecule has 0 bridgehead atoms. The van der Waals surface area contributed by atoms with Gasteiger partial charge in [-0.3, -0.25) is 9.69 Å². The number of fused-ring (bicyclic) bond motifs is 1. The molecule has 1 heterocycles. The Bertz CT molecular complexity index is 503. The van der Waals surface area contributed by atoms with Crippen LogP contribution in [0.5, 0.6) is 0 Å². The summed E-state index contributed by atoms with van der Waals surface area (Å²) in [6.07, 6.45) is 0.735. The fourth-order valence-corrected chi connectivity index (χ4v) is 3.21. The third kappa shape index (κ3) is 1.81. The Morgan fingerprint density at radius 1 is 1.28 bits per heavy atom. The quantitative estimate of drug-likeness (QED) is 0.793. The number of nitrogens with zero attached hydrogens (tertiary/aromatic N) is 1. The second-order valence-corrected chi connectivity index (χ2v) is 5.49. The van der Waals surface area contributed by atoms with Crippen molar-refractivity contribution in [2.75, 3.05) is 13.1 Å². The number of ketones is 1. The number of Topliss-reactive ketones (excluding diaryl/α,β-unsaturated/α-hetero) is 1. The first-order valence-electron chi connectivity index (χ1n) is 6.68. The standard InChI is InChI=1S/C16H19NO/c1-11-15-10-17(9-14(15)8-16(11)18)12(2)13-6-4-3-5-7-13/h3-7,12,14H,8-10H2,1-2H3/t12-,14+/m0/s1. The molecule has 2 heteroatoms. The van der Waals surface area contributed by atoms with Crippen molar-refractivity contribution < 1.29 is 4.79 Å². The molecule has 1 aliphatic heterocycles. The number of hydrogen-bond donors (Lipinski definition) is 0. The first kappa shape index (κ1) is 11.7. The lowest BCUT2D eigenvalue weighted by Crippen LogP contribution is -2.25. The van der Waals surface area contributed by atoms with Gasteiger partial charge in [0, 0.05) is 31.5 Å². The van der Waals surface area contributed by atoms with Crippen molar-refractivity contribution in [3.8, 4) is 0 Å². The van der Waals surface area contributed by atoms with Crippen molar-refractivity contribution in [1.82, 2.24) is 4.90 Å². The maximum atomic E-state index is 11.7. The SMILES string of the molecule is CC1=C2CN([C@@H](C)c3ccccc3)C[C@H]2CC1=O. The number of rotatable bonds is 2. The Labute approximate surface area is 108 Å². The summed E-state index contributed by atoms with van der Waals surface area (Å²) in [5, 5.41) is 0. The molecule has 2 aliphatic rings. The third-order valence-electron chi connectivity index (χ3n) is 4.48. The molecule has 1 aromatic carbocycles. The normalized spacial score (nSPS) is 25.7. The lowest BCUT2D eigenvalue weighted by molar-refractivity contribution is -0.115. The van der Waals surface area contributed by atoms with Gasteiger partial charge in [-0.25, -0.2) is 0 Å². The van der Waals surface area contributed by atoms with Gasteiger partial charge in [0.1, 0.15) is 0 Å². The van der Waals surface area contributed by atoms with Crippen LogP contribution in [-0.2, 0) is 4.79 Å². The van der Waals surface area contributed by atoms with Gasteiger partial charge in [0.2, 0.25) is 0 Å². The van der Waals surface area contributed by atoms with Gasteiger partial charge in [0.15, 0.2) is 5.78 Å². The summed E-state index contributed by atoms with van der Waals surface area (Å²) < 4.78 is 0. The van der Waals surface area contributed by atoms with Gasteiger partial charge in [0.05, 0.1) is 0 Å². The van der Waals surface area contributed by atoms with Gasteiger partial charge in [-0.05, 0) is 30.6 Å². The van der Waals surface area contributed by atoms with E-state index in [1.807, 2.05) is 6.92 Å². The molecular weight excluding hydrogens is 222 g/mol. The van der Waals surface area contributed by atoms with Gasteiger partial charge < -0.3 is 0 Å². The molecule has 18 heavy (non-hydrogen) atoms. The molecule has 1 fully saturated rings. The van der Waals surface area contributed by atoms with Crippen LogP contribution in [-0.4, -0.2) is 23.8 Å². The molecule has 2 nitrogen and oxygen atoms in total. The van der Waals surface area contributed by atoms with E-state index in [1.165, 1.54) is 11.1 Å². The van der Waals surface area contributed by atoms with Gasteiger partial charge in [0.25, 0.3) is 0 Å². The van der Waals surface area contributed by atoms with E-state index < -0.39 is 0 Å².